The number of fused-ring (bicyclic) bond motifs is 1. The lowest BCUT2D eigenvalue weighted by Crippen LogP contribution is -2.38. The molecule has 0 aliphatic rings. The number of carbonyl (C=O) groups excluding carboxylic acids is 1. The lowest BCUT2D eigenvalue weighted by molar-refractivity contribution is 0.0723. The van der Waals surface area contributed by atoms with Gasteiger partial charge < -0.3 is 25.3 Å². The number of hydrogen-bond donors (Lipinski definition) is 4. The van der Waals surface area contributed by atoms with Crippen LogP contribution in [0.2, 0.25) is 0 Å². The van der Waals surface area contributed by atoms with Gasteiger partial charge in [-0.05, 0) is 50.1 Å². The van der Waals surface area contributed by atoms with Gasteiger partial charge >= 0.3 is 0 Å². The van der Waals surface area contributed by atoms with E-state index in [2.05, 4.69) is 22.1 Å². The number of aliphatic hydroxyl groups excluding tert-OH is 2. The second-order valence-electron chi connectivity index (χ2n) is 8.00. The maximum absolute atomic E-state index is 13.1. The summed E-state index contributed by atoms with van der Waals surface area (Å²) < 4.78 is 5.81. The third kappa shape index (κ3) is 5.70. The van der Waals surface area contributed by atoms with E-state index in [1.165, 1.54) is 0 Å². The van der Waals surface area contributed by atoms with E-state index in [-0.39, 0.29) is 18.6 Å². The van der Waals surface area contributed by atoms with Crippen LogP contribution in [0.25, 0.3) is 10.9 Å². The van der Waals surface area contributed by atoms with Crippen LogP contribution in [-0.2, 0) is 0 Å². The van der Waals surface area contributed by atoms with Crippen LogP contribution in [0.3, 0.4) is 0 Å². The van der Waals surface area contributed by atoms with Gasteiger partial charge in [0.05, 0.1) is 11.7 Å². The molecule has 6 nitrogen and oxygen atoms in total. The standard InChI is InChI=1S/C26H30N2O4/c1-17(2)32-24-13-12-19(9-5-4-8-14-29)15-21(24)26(31)28-25(30)18(3)22-16-27-23-11-7-6-10-20(22)23/h6-7,10-13,15-18,25,27,29-30H,4,8,14H2,1-3H3,(H,28,31)/t18?,25-/m1/s1. The number of aliphatic hydroxyl groups is 2. The summed E-state index contributed by atoms with van der Waals surface area (Å²) in [6.07, 6.45) is 1.84. The number of nitrogens with one attached hydrogen (secondary N) is 2. The number of benzene rings is 2. The van der Waals surface area contributed by atoms with E-state index in [1.54, 1.807) is 18.2 Å². The van der Waals surface area contributed by atoms with E-state index >= 15 is 0 Å². The molecule has 4 N–H and O–H groups in total. The fourth-order valence-corrected chi connectivity index (χ4v) is 3.45. The van der Waals surface area contributed by atoms with Gasteiger partial charge in [-0.3, -0.25) is 4.79 Å². The molecule has 0 fully saturated rings. The number of aromatic amines is 1. The molecule has 0 aliphatic carbocycles. The molecule has 1 unspecified atom stereocenters. The Labute approximate surface area is 188 Å². The van der Waals surface area contributed by atoms with Crippen LogP contribution in [0.1, 0.15) is 61.0 Å². The van der Waals surface area contributed by atoms with Crippen molar-refractivity contribution in [3.8, 4) is 17.6 Å². The third-order valence-corrected chi connectivity index (χ3v) is 5.14. The highest BCUT2D eigenvalue weighted by molar-refractivity contribution is 5.97. The molecule has 2 atom stereocenters. The molecule has 2 aromatic carbocycles. The molecule has 0 bridgehead atoms. The number of amides is 1. The van der Waals surface area contributed by atoms with Gasteiger partial charge in [-0.15, -0.1) is 0 Å². The van der Waals surface area contributed by atoms with Crippen molar-refractivity contribution in [3.05, 3.63) is 65.4 Å². The maximum atomic E-state index is 13.1. The lowest BCUT2D eigenvalue weighted by Gasteiger charge is -2.21. The van der Waals surface area contributed by atoms with Gasteiger partial charge in [-0.2, -0.15) is 0 Å². The Hall–Kier alpha value is -3.27. The van der Waals surface area contributed by atoms with E-state index in [1.807, 2.05) is 51.2 Å². The zero-order chi connectivity index (χ0) is 23.1. The molecule has 168 valence electrons. The van der Waals surface area contributed by atoms with Crippen LogP contribution in [0, 0.1) is 11.8 Å². The summed E-state index contributed by atoms with van der Waals surface area (Å²) >= 11 is 0. The minimum absolute atomic E-state index is 0.0933. The highest BCUT2D eigenvalue weighted by Gasteiger charge is 2.23. The van der Waals surface area contributed by atoms with Crippen molar-refractivity contribution in [1.29, 1.82) is 0 Å². The van der Waals surface area contributed by atoms with Crippen molar-refractivity contribution in [2.75, 3.05) is 6.61 Å². The number of H-pyrrole nitrogens is 1. The van der Waals surface area contributed by atoms with Gasteiger partial charge in [0.25, 0.3) is 5.91 Å². The molecular weight excluding hydrogens is 404 g/mol. The SMILES string of the molecule is CC(C)Oc1ccc(C#CCCCO)cc1C(=O)N[C@H](O)C(C)c1c[nH]c2ccccc12. The Bertz CT molecular complexity index is 1120. The van der Waals surface area contributed by atoms with Gasteiger partial charge in [0.1, 0.15) is 12.0 Å². The van der Waals surface area contributed by atoms with Gasteiger partial charge in [0.15, 0.2) is 0 Å². The van der Waals surface area contributed by atoms with Crippen molar-refractivity contribution in [3.63, 3.8) is 0 Å². The molecule has 0 spiro atoms. The number of hydrogen-bond acceptors (Lipinski definition) is 4. The second kappa shape index (κ2) is 10.9. The minimum Gasteiger partial charge on any atom is -0.490 e. The third-order valence-electron chi connectivity index (χ3n) is 5.14. The Morgan fingerprint density at radius 3 is 2.72 bits per heavy atom. The average molecular weight is 435 g/mol. The normalized spacial score (nSPS) is 12.8. The molecule has 6 heteroatoms. The molecular formula is C26H30N2O4. The molecule has 0 radical (unpaired) electrons. The summed E-state index contributed by atoms with van der Waals surface area (Å²) in [5.74, 6) is 5.67. The van der Waals surface area contributed by atoms with Crippen molar-refractivity contribution >= 4 is 16.8 Å². The van der Waals surface area contributed by atoms with Gasteiger partial charge in [0.2, 0.25) is 0 Å². The van der Waals surface area contributed by atoms with Crippen LogP contribution in [0.4, 0.5) is 0 Å². The van der Waals surface area contributed by atoms with Crippen LogP contribution in [0.15, 0.2) is 48.7 Å². The Kier molecular flexibility index (Phi) is 7.93. The Morgan fingerprint density at radius 1 is 1.19 bits per heavy atom. The zero-order valence-electron chi connectivity index (χ0n) is 18.7. The van der Waals surface area contributed by atoms with Crippen molar-refractivity contribution in [1.82, 2.24) is 10.3 Å². The number of para-hydroxylation sites is 1. The quantitative estimate of drug-likeness (QED) is 0.245. The summed E-state index contributed by atoms with van der Waals surface area (Å²) in [4.78, 5) is 16.3. The lowest BCUT2D eigenvalue weighted by atomic mass is 9.98. The fourth-order valence-electron chi connectivity index (χ4n) is 3.45. The first-order valence-electron chi connectivity index (χ1n) is 10.9. The van der Waals surface area contributed by atoms with E-state index in [9.17, 15) is 9.90 Å². The Morgan fingerprint density at radius 2 is 1.97 bits per heavy atom. The molecule has 3 rings (SSSR count). The van der Waals surface area contributed by atoms with Crippen LogP contribution in [0.5, 0.6) is 5.75 Å². The summed E-state index contributed by atoms with van der Waals surface area (Å²) in [5, 5.41) is 23.4. The highest BCUT2D eigenvalue weighted by Crippen LogP contribution is 2.28. The first-order chi connectivity index (χ1) is 15.4. The summed E-state index contributed by atoms with van der Waals surface area (Å²) in [6.45, 7) is 5.74. The molecule has 32 heavy (non-hydrogen) atoms. The number of carbonyl (C=O) groups is 1. The Balaban J connectivity index is 1.81. The summed E-state index contributed by atoms with van der Waals surface area (Å²) in [7, 11) is 0. The maximum Gasteiger partial charge on any atom is 0.257 e. The zero-order valence-corrected chi connectivity index (χ0v) is 18.7. The predicted octanol–water partition coefficient (Wildman–Crippen LogP) is 3.93. The fraction of sp³-hybridized carbons (Fsp3) is 0.346. The number of rotatable bonds is 8. The number of unbranched alkanes of at least 4 members (excludes halogenated alkanes) is 1. The van der Waals surface area contributed by atoms with Gasteiger partial charge in [-0.25, -0.2) is 0 Å². The van der Waals surface area contributed by atoms with Crippen LogP contribution < -0.4 is 10.1 Å². The minimum atomic E-state index is -1.09. The van der Waals surface area contributed by atoms with Gasteiger partial charge in [-0.1, -0.05) is 37.0 Å². The number of ether oxygens (including phenoxy) is 1. The summed E-state index contributed by atoms with van der Waals surface area (Å²) in [5.41, 5.74) is 2.89. The smallest absolute Gasteiger partial charge is 0.257 e. The molecule has 0 aliphatic heterocycles. The molecule has 3 aromatic rings. The topological polar surface area (TPSA) is 94.6 Å². The molecule has 0 saturated heterocycles. The van der Waals surface area contributed by atoms with Crippen LogP contribution in [-0.4, -0.2) is 40.0 Å². The predicted molar refractivity (Wildman–Crippen MR) is 126 cm³/mol. The summed E-state index contributed by atoms with van der Waals surface area (Å²) in [6, 6.07) is 13.0. The monoisotopic (exact) mass is 434 g/mol. The van der Waals surface area contributed by atoms with Crippen LogP contribution >= 0.6 is 0 Å². The van der Waals surface area contributed by atoms with Crippen molar-refractivity contribution in [2.24, 2.45) is 0 Å². The van der Waals surface area contributed by atoms with E-state index in [0.29, 0.717) is 29.7 Å². The van der Waals surface area contributed by atoms with E-state index in [0.717, 1.165) is 16.5 Å². The molecule has 1 heterocycles. The van der Waals surface area contributed by atoms with E-state index < -0.39 is 12.1 Å². The van der Waals surface area contributed by atoms with E-state index in [4.69, 9.17) is 9.84 Å². The molecule has 0 saturated carbocycles. The van der Waals surface area contributed by atoms with Gasteiger partial charge in [0, 0.05) is 41.6 Å². The number of aromatic nitrogens is 1. The largest absolute Gasteiger partial charge is 0.490 e. The molecule has 1 amide bonds. The van der Waals surface area contributed by atoms with Crippen molar-refractivity contribution in [2.45, 2.75) is 51.9 Å². The van der Waals surface area contributed by atoms with Crippen molar-refractivity contribution < 1.29 is 19.7 Å². The highest BCUT2D eigenvalue weighted by atomic mass is 16.5. The molecule has 1 aromatic heterocycles. The first-order valence-corrected chi connectivity index (χ1v) is 10.9. The first kappa shape index (κ1) is 23.4. The second-order valence-corrected chi connectivity index (χ2v) is 8.00. The average Bonchev–Trinajstić information content (AvgIpc) is 3.20.